The Balaban J connectivity index is 1.92. The van der Waals surface area contributed by atoms with Crippen LogP contribution in [0.5, 0.6) is 11.5 Å². The van der Waals surface area contributed by atoms with Gasteiger partial charge in [-0.1, -0.05) is 13.0 Å². The molecule has 0 aliphatic carbocycles. The highest BCUT2D eigenvalue weighted by molar-refractivity contribution is 5.76. The molecular formula is C16H23NO3. The number of carbonyl (C=O) groups is 1. The van der Waals surface area contributed by atoms with Crippen molar-refractivity contribution in [3.63, 3.8) is 0 Å². The molecule has 1 aromatic rings. The van der Waals surface area contributed by atoms with Crippen LogP contribution in [-0.4, -0.2) is 38.1 Å². The maximum atomic E-state index is 12.1. The van der Waals surface area contributed by atoms with Gasteiger partial charge in [0.15, 0.2) is 11.5 Å². The van der Waals surface area contributed by atoms with Gasteiger partial charge in [0.05, 0.1) is 14.2 Å². The Morgan fingerprint density at radius 3 is 2.65 bits per heavy atom. The molecule has 1 amide bonds. The number of benzene rings is 1. The summed E-state index contributed by atoms with van der Waals surface area (Å²) in [5.41, 5.74) is 1.10. The minimum Gasteiger partial charge on any atom is -0.493 e. The molecule has 1 aromatic carbocycles. The second-order valence-electron chi connectivity index (χ2n) is 5.42. The van der Waals surface area contributed by atoms with E-state index in [0.29, 0.717) is 18.1 Å². The van der Waals surface area contributed by atoms with Crippen LogP contribution in [0.15, 0.2) is 18.2 Å². The van der Waals surface area contributed by atoms with E-state index in [9.17, 15) is 4.79 Å². The third-order valence-electron chi connectivity index (χ3n) is 3.85. The first kappa shape index (κ1) is 14.7. The van der Waals surface area contributed by atoms with Crippen molar-refractivity contribution in [2.45, 2.75) is 26.2 Å². The highest BCUT2D eigenvalue weighted by atomic mass is 16.5. The zero-order chi connectivity index (χ0) is 14.5. The molecule has 0 bridgehead atoms. The summed E-state index contributed by atoms with van der Waals surface area (Å²) in [6.07, 6.45) is 2.42. The van der Waals surface area contributed by atoms with E-state index >= 15 is 0 Å². The molecule has 4 heteroatoms. The lowest BCUT2D eigenvalue weighted by atomic mass is 10.1. The number of hydrogen-bond acceptors (Lipinski definition) is 3. The van der Waals surface area contributed by atoms with Gasteiger partial charge in [0.2, 0.25) is 5.91 Å². The van der Waals surface area contributed by atoms with Crippen molar-refractivity contribution >= 4 is 5.91 Å². The topological polar surface area (TPSA) is 38.8 Å². The van der Waals surface area contributed by atoms with E-state index < -0.39 is 0 Å². The summed E-state index contributed by atoms with van der Waals surface area (Å²) in [5, 5.41) is 0. The lowest BCUT2D eigenvalue weighted by molar-refractivity contribution is -0.130. The molecule has 0 saturated carbocycles. The summed E-state index contributed by atoms with van der Waals surface area (Å²) in [5.74, 6) is 2.33. The molecule has 2 rings (SSSR count). The smallest absolute Gasteiger partial charge is 0.222 e. The number of aryl methyl sites for hydroxylation is 1. The number of methoxy groups -OCH3 is 2. The fourth-order valence-electron chi connectivity index (χ4n) is 2.61. The first-order valence-corrected chi connectivity index (χ1v) is 7.12. The molecule has 0 spiro atoms. The fraction of sp³-hybridized carbons (Fsp3) is 0.562. The van der Waals surface area contributed by atoms with Gasteiger partial charge in [-0.05, 0) is 36.5 Å². The lowest BCUT2D eigenvalue weighted by Crippen LogP contribution is -2.28. The number of likely N-dealkylation sites (tertiary alicyclic amines) is 1. The molecule has 4 nitrogen and oxygen atoms in total. The Labute approximate surface area is 120 Å². The van der Waals surface area contributed by atoms with Crippen LogP contribution in [0.2, 0.25) is 0 Å². The molecular weight excluding hydrogens is 254 g/mol. The van der Waals surface area contributed by atoms with E-state index in [0.717, 1.165) is 37.2 Å². The monoisotopic (exact) mass is 277 g/mol. The number of amides is 1. The normalized spacial score (nSPS) is 18.1. The van der Waals surface area contributed by atoms with E-state index in [-0.39, 0.29) is 5.91 Å². The SMILES string of the molecule is COc1ccc(CCC(=O)N2CCC(C)C2)cc1OC. The fourth-order valence-corrected chi connectivity index (χ4v) is 2.61. The molecule has 110 valence electrons. The van der Waals surface area contributed by atoms with Crippen LogP contribution < -0.4 is 9.47 Å². The molecule has 1 saturated heterocycles. The number of hydrogen-bond donors (Lipinski definition) is 0. The molecule has 1 aliphatic heterocycles. The van der Waals surface area contributed by atoms with Crippen LogP contribution in [0.3, 0.4) is 0 Å². The largest absolute Gasteiger partial charge is 0.493 e. The molecule has 1 aliphatic rings. The third-order valence-corrected chi connectivity index (χ3v) is 3.85. The minimum absolute atomic E-state index is 0.254. The van der Waals surface area contributed by atoms with Gasteiger partial charge in [-0.3, -0.25) is 4.79 Å². The summed E-state index contributed by atoms with van der Waals surface area (Å²) in [6, 6.07) is 5.82. The number of nitrogens with zero attached hydrogens (tertiary/aromatic N) is 1. The summed E-state index contributed by atoms with van der Waals surface area (Å²) in [6.45, 7) is 4.01. The average molecular weight is 277 g/mol. The zero-order valence-corrected chi connectivity index (χ0v) is 12.5. The number of ether oxygens (including phenoxy) is 2. The zero-order valence-electron chi connectivity index (χ0n) is 12.5. The van der Waals surface area contributed by atoms with E-state index in [1.807, 2.05) is 23.1 Å². The van der Waals surface area contributed by atoms with Crippen LogP contribution >= 0.6 is 0 Å². The summed E-state index contributed by atoms with van der Waals surface area (Å²) in [4.78, 5) is 14.1. The lowest BCUT2D eigenvalue weighted by Gasteiger charge is -2.16. The predicted molar refractivity (Wildman–Crippen MR) is 78.2 cm³/mol. The molecule has 1 unspecified atom stereocenters. The quantitative estimate of drug-likeness (QED) is 0.830. The molecule has 1 atom stereocenters. The Morgan fingerprint density at radius 1 is 1.30 bits per heavy atom. The highest BCUT2D eigenvalue weighted by Gasteiger charge is 2.22. The van der Waals surface area contributed by atoms with Crippen LogP contribution in [0.1, 0.15) is 25.3 Å². The third kappa shape index (κ3) is 3.44. The van der Waals surface area contributed by atoms with Crippen molar-refractivity contribution in [1.29, 1.82) is 0 Å². The van der Waals surface area contributed by atoms with Crippen molar-refractivity contribution in [3.05, 3.63) is 23.8 Å². The van der Waals surface area contributed by atoms with Crippen LogP contribution in [0.4, 0.5) is 0 Å². The Hall–Kier alpha value is -1.71. The Bertz CT molecular complexity index is 473. The predicted octanol–water partition coefficient (Wildman–Crippen LogP) is 2.50. The van der Waals surface area contributed by atoms with E-state index in [1.165, 1.54) is 0 Å². The molecule has 1 heterocycles. The maximum Gasteiger partial charge on any atom is 0.222 e. The second kappa shape index (κ2) is 6.64. The van der Waals surface area contributed by atoms with E-state index in [4.69, 9.17) is 9.47 Å². The van der Waals surface area contributed by atoms with Crippen molar-refractivity contribution in [1.82, 2.24) is 4.90 Å². The molecule has 0 radical (unpaired) electrons. The van der Waals surface area contributed by atoms with Crippen LogP contribution in [0.25, 0.3) is 0 Å². The van der Waals surface area contributed by atoms with Crippen molar-refractivity contribution in [3.8, 4) is 11.5 Å². The first-order chi connectivity index (χ1) is 9.63. The van der Waals surface area contributed by atoms with Gasteiger partial charge >= 0.3 is 0 Å². The van der Waals surface area contributed by atoms with Gasteiger partial charge in [0.1, 0.15) is 0 Å². The van der Waals surface area contributed by atoms with Crippen molar-refractivity contribution in [2.24, 2.45) is 5.92 Å². The molecule has 0 N–H and O–H groups in total. The van der Waals surface area contributed by atoms with E-state index in [2.05, 4.69) is 6.92 Å². The van der Waals surface area contributed by atoms with E-state index in [1.54, 1.807) is 14.2 Å². The van der Waals surface area contributed by atoms with Gasteiger partial charge in [0.25, 0.3) is 0 Å². The molecule has 1 fully saturated rings. The van der Waals surface area contributed by atoms with Gasteiger partial charge in [-0.15, -0.1) is 0 Å². The first-order valence-electron chi connectivity index (χ1n) is 7.12. The number of rotatable bonds is 5. The average Bonchev–Trinajstić information content (AvgIpc) is 2.91. The van der Waals surface area contributed by atoms with Crippen LogP contribution in [0, 0.1) is 5.92 Å². The summed E-state index contributed by atoms with van der Waals surface area (Å²) < 4.78 is 10.5. The van der Waals surface area contributed by atoms with Gasteiger partial charge in [0, 0.05) is 19.5 Å². The van der Waals surface area contributed by atoms with Gasteiger partial charge in [-0.2, -0.15) is 0 Å². The second-order valence-corrected chi connectivity index (χ2v) is 5.42. The number of carbonyl (C=O) groups excluding carboxylic acids is 1. The van der Waals surface area contributed by atoms with Gasteiger partial charge < -0.3 is 14.4 Å². The van der Waals surface area contributed by atoms with Crippen molar-refractivity contribution < 1.29 is 14.3 Å². The van der Waals surface area contributed by atoms with Crippen molar-refractivity contribution in [2.75, 3.05) is 27.3 Å². The standard InChI is InChI=1S/C16H23NO3/c1-12-8-9-17(11-12)16(18)7-5-13-4-6-14(19-2)15(10-13)20-3/h4,6,10,12H,5,7-9,11H2,1-3H3. The van der Waals surface area contributed by atoms with Crippen LogP contribution in [-0.2, 0) is 11.2 Å². The highest BCUT2D eigenvalue weighted by Crippen LogP contribution is 2.28. The summed E-state index contributed by atoms with van der Waals surface area (Å²) >= 11 is 0. The molecule has 20 heavy (non-hydrogen) atoms. The maximum absolute atomic E-state index is 12.1. The van der Waals surface area contributed by atoms with Gasteiger partial charge in [-0.25, -0.2) is 0 Å². The minimum atomic E-state index is 0.254. The Kier molecular flexibility index (Phi) is 4.88. The Morgan fingerprint density at radius 2 is 2.05 bits per heavy atom. The molecule has 0 aromatic heterocycles. The summed E-state index contributed by atoms with van der Waals surface area (Å²) in [7, 11) is 3.24.